The zero-order valence-corrected chi connectivity index (χ0v) is 13.5. The summed E-state index contributed by atoms with van der Waals surface area (Å²) < 4.78 is 24.8. The van der Waals surface area contributed by atoms with Crippen LogP contribution in [-0.2, 0) is 10.0 Å². The Morgan fingerprint density at radius 3 is 2.67 bits per heavy atom. The number of hydrogen-bond acceptors (Lipinski definition) is 4. The first-order valence-electron chi connectivity index (χ1n) is 7.66. The minimum atomic E-state index is -3.05. The van der Waals surface area contributed by atoms with E-state index in [9.17, 15) is 8.42 Å². The number of nitrogens with one attached hydrogen (secondary N) is 1. The van der Waals surface area contributed by atoms with E-state index in [1.807, 2.05) is 6.21 Å². The topological polar surface area (TPSA) is 61.8 Å². The van der Waals surface area contributed by atoms with Crippen molar-refractivity contribution in [2.75, 3.05) is 19.3 Å². The molecule has 3 aliphatic rings. The van der Waals surface area contributed by atoms with E-state index in [4.69, 9.17) is 0 Å². The second-order valence-electron chi connectivity index (χ2n) is 6.15. The zero-order valence-electron chi connectivity index (χ0n) is 12.7. The molecule has 6 heteroatoms. The molecule has 0 aromatic carbocycles. The van der Waals surface area contributed by atoms with E-state index in [-0.39, 0.29) is 0 Å². The summed E-state index contributed by atoms with van der Waals surface area (Å²) in [5.41, 5.74) is 7.34. The maximum Gasteiger partial charge on any atom is 0.211 e. The third kappa shape index (κ3) is 2.92. The fraction of sp³-hybridized carbons (Fsp3) is 0.667. The van der Waals surface area contributed by atoms with Gasteiger partial charge >= 0.3 is 0 Å². The number of sulfonamides is 1. The summed E-state index contributed by atoms with van der Waals surface area (Å²) in [4.78, 5) is 0. The Morgan fingerprint density at radius 1 is 1.33 bits per heavy atom. The molecule has 0 bridgehead atoms. The lowest BCUT2D eigenvalue weighted by molar-refractivity contribution is 0.300. The molecule has 0 saturated carbocycles. The van der Waals surface area contributed by atoms with Crippen LogP contribution in [0.2, 0.25) is 0 Å². The van der Waals surface area contributed by atoms with Crippen LogP contribution in [0.25, 0.3) is 0 Å². The van der Waals surface area contributed by atoms with Crippen LogP contribution in [0, 0.1) is 5.92 Å². The van der Waals surface area contributed by atoms with Crippen LogP contribution >= 0.6 is 0 Å². The van der Waals surface area contributed by atoms with E-state index in [0.717, 1.165) is 25.7 Å². The Hall–Kier alpha value is -1.14. The van der Waals surface area contributed by atoms with Gasteiger partial charge in [-0.05, 0) is 42.7 Å². The van der Waals surface area contributed by atoms with Crippen LogP contribution < -0.4 is 5.43 Å². The zero-order chi connectivity index (χ0) is 15.0. The summed E-state index contributed by atoms with van der Waals surface area (Å²) in [6, 6.07) is 0.327. The molecule has 21 heavy (non-hydrogen) atoms. The Morgan fingerprint density at radius 2 is 2.05 bits per heavy atom. The monoisotopic (exact) mass is 309 g/mol. The fourth-order valence-electron chi connectivity index (χ4n) is 3.51. The van der Waals surface area contributed by atoms with E-state index in [0.29, 0.717) is 25.0 Å². The summed E-state index contributed by atoms with van der Waals surface area (Å²) in [7, 11) is -3.05. The fourth-order valence-corrected chi connectivity index (χ4v) is 4.38. The molecule has 1 unspecified atom stereocenters. The maximum absolute atomic E-state index is 11.6. The summed E-state index contributed by atoms with van der Waals surface area (Å²) in [5.74, 6) is 0.452. The van der Waals surface area contributed by atoms with Crippen molar-refractivity contribution in [2.45, 2.75) is 38.6 Å². The molecule has 2 heterocycles. The van der Waals surface area contributed by atoms with Crippen molar-refractivity contribution < 1.29 is 8.42 Å². The number of hydrazone groups is 1. The van der Waals surface area contributed by atoms with Crippen LogP contribution in [-0.4, -0.2) is 44.3 Å². The van der Waals surface area contributed by atoms with Gasteiger partial charge in [0.05, 0.1) is 18.5 Å². The van der Waals surface area contributed by atoms with E-state index >= 15 is 0 Å². The highest BCUT2D eigenvalue weighted by molar-refractivity contribution is 7.88. The molecule has 1 fully saturated rings. The second kappa shape index (κ2) is 5.57. The molecule has 116 valence electrons. The van der Waals surface area contributed by atoms with Gasteiger partial charge in [0, 0.05) is 13.1 Å². The predicted molar refractivity (Wildman–Crippen MR) is 84.6 cm³/mol. The largest absolute Gasteiger partial charge is 0.302 e. The van der Waals surface area contributed by atoms with Gasteiger partial charge < -0.3 is 5.43 Å². The lowest BCUT2D eigenvalue weighted by atomic mass is 9.79. The number of allylic oxidation sites excluding steroid dienone is 2. The summed E-state index contributed by atoms with van der Waals surface area (Å²) in [5, 5.41) is 4.22. The molecule has 1 N–H and O–H groups in total. The molecular weight excluding hydrogens is 286 g/mol. The van der Waals surface area contributed by atoms with Gasteiger partial charge in [0.1, 0.15) is 0 Å². The highest BCUT2D eigenvalue weighted by Crippen LogP contribution is 2.36. The van der Waals surface area contributed by atoms with Gasteiger partial charge in [0.2, 0.25) is 10.0 Å². The van der Waals surface area contributed by atoms with Crippen molar-refractivity contribution in [1.82, 2.24) is 9.73 Å². The second-order valence-corrected chi connectivity index (χ2v) is 8.13. The Bertz CT molecular complexity index is 611. The average Bonchev–Trinajstić information content (AvgIpc) is 2.93. The Balaban J connectivity index is 1.80. The first kappa shape index (κ1) is 14.8. The average molecular weight is 309 g/mol. The first-order valence-corrected chi connectivity index (χ1v) is 9.51. The van der Waals surface area contributed by atoms with Gasteiger partial charge in [0.15, 0.2) is 0 Å². The van der Waals surface area contributed by atoms with Crippen LogP contribution in [0.4, 0.5) is 0 Å². The molecule has 2 aliphatic heterocycles. The van der Waals surface area contributed by atoms with Gasteiger partial charge in [0.25, 0.3) is 0 Å². The minimum absolute atomic E-state index is 0.327. The first-order chi connectivity index (χ1) is 9.99. The number of fused-ring (bicyclic) bond motifs is 1. The minimum Gasteiger partial charge on any atom is -0.302 e. The molecule has 1 atom stereocenters. The van der Waals surface area contributed by atoms with E-state index < -0.39 is 10.0 Å². The molecule has 3 rings (SSSR count). The lowest BCUT2D eigenvalue weighted by Crippen LogP contribution is -2.38. The highest BCUT2D eigenvalue weighted by atomic mass is 32.2. The Labute approximate surface area is 126 Å². The quantitative estimate of drug-likeness (QED) is 0.862. The van der Waals surface area contributed by atoms with Gasteiger partial charge in [-0.25, -0.2) is 12.7 Å². The molecular formula is C15H23N3O2S. The third-order valence-electron chi connectivity index (χ3n) is 4.79. The molecule has 0 spiro atoms. The van der Waals surface area contributed by atoms with Gasteiger partial charge in [-0.3, -0.25) is 0 Å². The normalized spacial score (nSPS) is 27.5. The molecule has 0 aromatic rings. The van der Waals surface area contributed by atoms with Crippen LogP contribution in [0.3, 0.4) is 0 Å². The summed E-state index contributed by atoms with van der Waals surface area (Å²) >= 11 is 0. The van der Waals surface area contributed by atoms with Gasteiger partial charge in [-0.15, -0.1) is 0 Å². The van der Waals surface area contributed by atoms with E-state index in [2.05, 4.69) is 23.5 Å². The van der Waals surface area contributed by atoms with Crippen molar-refractivity contribution in [3.63, 3.8) is 0 Å². The van der Waals surface area contributed by atoms with E-state index in [1.54, 1.807) is 4.31 Å². The SMILES string of the molecule is CCC1=CC(C2CCN(S(C)(=O)=O)CC2)=C2C=NNC2C1. The van der Waals surface area contributed by atoms with Crippen LogP contribution in [0.5, 0.6) is 0 Å². The molecule has 0 aromatic heterocycles. The summed E-state index contributed by atoms with van der Waals surface area (Å²) in [6.07, 6.45) is 9.50. The smallest absolute Gasteiger partial charge is 0.211 e. The number of nitrogens with zero attached hydrogens (tertiary/aromatic N) is 2. The van der Waals surface area contributed by atoms with E-state index in [1.165, 1.54) is 23.0 Å². The van der Waals surface area contributed by atoms with Crippen molar-refractivity contribution in [2.24, 2.45) is 11.0 Å². The molecule has 5 nitrogen and oxygen atoms in total. The van der Waals surface area contributed by atoms with Crippen LogP contribution in [0.15, 0.2) is 27.9 Å². The van der Waals surface area contributed by atoms with Crippen molar-refractivity contribution >= 4 is 16.2 Å². The van der Waals surface area contributed by atoms with Crippen molar-refractivity contribution in [1.29, 1.82) is 0 Å². The third-order valence-corrected chi connectivity index (χ3v) is 6.09. The van der Waals surface area contributed by atoms with Crippen molar-refractivity contribution in [3.05, 3.63) is 22.8 Å². The molecule has 1 aliphatic carbocycles. The predicted octanol–water partition coefficient (Wildman–Crippen LogP) is 1.65. The number of piperidine rings is 1. The summed E-state index contributed by atoms with van der Waals surface area (Å²) in [6.45, 7) is 3.45. The molecule has 0 radical (unpaired) electrons. The standard InChI is InChI=1S/C15H23N3O2S/c1-3-11-8-13(14-10-16-17-15(14)9-11)12-4-6-18(7-5-12)21(2,19)20/h8,10,12,15,17H,3-7,9H2,1-2H3. The van der Waals surface area contributed by atoms with Crippen LogP contribution in [0.1, 0.15) is 32.6 Å². The highest BCUT2D eigenvalue weighted by Gasteiger charge is 2.32. The van der Waals surface area contributed by atoms with Gasteiger partial charge in [-0.1, -0.05) is 18.6 Å². The molecule has 1 saturated heterocycles. The van der Waals surface area contributed by atoms with Gasteiger partial charge in [-0.2, -0.15) is 5.10 Å². The van der Waals surface area contributed by atoms with Crippen molar-refractivity contribution in [3.8, 4) is 0 Å². The number of hydrogen-bond donors (Lipinski definition) is 1. The maximum atomic E-state index is 11.6. The Kier molecular flexibility index (Phi) is 3.92. The lowest BCUT2D eigenvalue weighted by Gasteiger charge is -2.33. The molecule has 0 amide bonds. The number of rotatable bonds is 3.